The van der Waals surface area contributed by atoms with Crippen molar-refractivity contribution in [2.75, 3.05) is 13.1 Å². The highest BCUT2D eigenvalue weighted by molar-refractivity contribution is 5.99. The summed E-state index contributed by atoms with van der Waals surface area (Å²) in [5.74, 6) is -5.30. The third kappa shape index (κ3) is 3.07. The molecule has 4 aliphatic rings. The predicted molar refractivity (Wildman–Crippen MR) is 107 cm³/mol. The van der Waals surface area contributed by atoms with Gasteiger partial charge in [0.25, 0.3) is 11.8 Å². The Labute approximate surface area is 181 Å². The highest BCUT2D eigenvalue weighted by atomic mass is 19.2. The summed E-state index contributed by atoms with van der Waals surface area (Å²) in [7, 11) is 0. The van der Waals surface area contributed by atoms with E-state index in [2.05, 4.69) is 5.32 Å². The lowest BCUT2D eigenvalue weighted by molar-refractivity contribution is 0.0419. The van der Waals surface area contributed by atoms with Crippen LogP contribution in [0, 0.1) is 11.8 Å². The van der Waals surface area contributed by atoms with Crippen LogP contribution in [-0.2, 0) is 6.54 Å². The van der Waals surface area contributed by atoms with Gasteiger partial charge in [-0.1, -0.05) is 6.42 Å². The van der Waals surface area contributed by atoms with Crippen LogP contribution in [0.5, 0.6) is 5.75 Å². The normalized spacial score (nSPS) is 30.9. The zero-order chi connectivity index (χ0) is 22.8. The fraction of sp³-hybridized carbons (Fsp3) is 0.500. The molecule has 0 aromatic carbocycles. The van der Waals surface area contributed by atoms with Gasteiger partial charge in [-0.3, -0.25) is 14.4 Å². The third-order valence-electron chi connectivity index (χ3n) is 7.17. The molecule has 2 fully saturated rings. The monoisotopic (exact) mass is 449 g/mol. The highest BCUT2D eigenvalue weighted by Crippen LogP contribution is 2.48. The van der Waals surface area contributed by atoms with Crippen molar-refractivity contribution in [3.8, 4) is 5.75 Å². The van der Waals surface area contributed by atoms with Crippen molar-refractivity contribution in [3.63, 3.8) is 0 Å². The third-order valence-corrected chi connectivity index (χ3v) is 7.17. The Balaban J connectivity index is 1.42. The van der Waals surface area contributed by atoms with Gasteiger partial charge in [0.2, 0.25) is 5.43 Å². The van der Waals surface area contributed by atoms with Gasteiger partial charge in [-0.25, -0.2) is 13.2 Å². The van der Waals surface area contributed by atoms with Gasteiger partial charge in [0.15, 0.2) is 11.4 Å². The number of allylic oxidation sites excluding steroid dienone is 3. The minimum Gasteiger partial charge on any atom is -0.503 e. The number of aromatic nitrogens is 1. The lowest BCUT2D eigenvalue weighted by Gasteiger charge is -2.44. The van der Waals surface area contributed by atoms with Crippen molar-refractivity contribution < 1.29 is 27.9 Å². The van der Waals surface area contributed by atoms with Gasteiger partial charge in [0, 0.05) is 31.9 Å². The molecule has 0 radical (unpaired) electrons. The molecule has 1 saturated carbocycles. The molecular weight excluding hydrogens is 427 g/mol. The van der Waals surface area contributed by atoms with E-state index < -0.39 is 64.4 Å². The molecule has 1 spiro atoms. The first-order chi connectivity index (χ1) is 15.2. The molecule has 10 heteroatoms. The fourth-order valence-corrected chi connectivity index (χ4v) is 5.66. The average molecular weight is 449 g/mol. The number of aromatic hydroxyl groups is 1. The van der Waals surface area contributed by atoms with E-state index >= 15 is 0 Å². The number of amides is 2. The molecule has 1 aromatic rings. The number of carbonyl (C=O) groups excluding carboxylic acids is 2. The number of fused-ring (bicyclic) bond motifs is 2. The molecule has 1 aromatic heterocycles. The number of alkyl halides is 1. The Bertz CT molecular complexity index is 1140. The first-order valence-electron chi connectivity index (χ1n) is 10.7. The summed E-state index contributed by atoms with van der Waals surface area (Å²) >= 11 is 0. The summed E-state index contributed by atoms with van der Waals surface area (Å²) in [6.45, 7) is 0.441. The summed E-state index contributed by atoms with van der Waals surface area (Å²) in [6.07, 6.45) is 4.06. The summed E-state index contributed by atoms with van der Waals surface area (Å²) < 4.78 is 42.4. The average Bonchev–Trinajstić information content (AvgIpc) is 2.99. The van der Waals surface area contributed by atoms with Gasteiger partial charge in [0.05, 0.1) is 11.5 Å². The van der Waals surface area contributed by atoms with E-state index in [9.17, 15) is 32.7 Å². The maximum Gasteiger partial charge on any atom is 0.275 e. The maximum atomic E-state index is 14.0. The number of hydrogen-bond acceptors (Lipinski definition) is 4. The fourth-order valence-electron chi connectivity index (χ4n) is 5.66. The first-order valence-corrected chi connectivity index (χ1v) is 10.7. The Kier molecular flexibility index (Phi) is 4.72. The SMILES string of the molecule is O=C(NCC1C(F)=CC(F)=CC1F)c1cn2c(c(O)c1=O)C(=O)N1C[C@@H]3CCC[C@]1(C3)C2. The summed E-state index contributed by atoms with van der Waals surface area (Å²) in [5.41, 5.74) is -1.99. The molecule has 2 aliphatic heterocycles. The van der Waals surface area contributed by atoms with E-state index in [4.69, 9.17) is 0 Å². The Morgan fingerprint density at radius 2 is 2.09 bits per heavy atom. The molecule has 2 amide bonds. The lowest BCUT2D eigenvalue weighted by Crippen LogP contribution is -2.55. The molecular formula is C22H22F3N3O4. The van der Waals surface area contributed by atoms with E-state index in [0.29, 0.717) is 31.2 Å². The highest BCUT2D eigenvalue weighted by Gasteiger charge is 2.53. The quantitative estimate of drug-likeness (QED) is 0.741. The number of nitrogens with zero attached hydrogens (tertiary/aromatic N) is 2. The standard InChI is InChI=1S/C22H22F3N3O4/c23-12-4-15(24)13(16(25)5-12)7-26-20(31)14-9-27-10-22-3-1-2-11(6-22)8-28(22)21(32)17(27)19(30)18(14)29/h4-5,9,11,13,15,30H,1-3,6-8,10H2,(H,26,31)/t11-,13?,15?,22+/m1/s1. The minimum absolute atomic E-state index is 0.143. The van der Waals surface area contributed by atoms with Gasteiger partial charge in [-0.05, 0) is 31.3 Å². The molecule has 2 aliphatic carbocycles. The van der Waals surface area contributed by atoms with Crippen LogP contribution in [0.2, 0.25) is 0 Å². The van der Waals surface area contributed by atoms with E-state index in [-0.39, 0.29) is 5.69 Å². The maximum absolute atomic E-state index is 14.0. The summed E-state index contributed by atoms with van der Waals surface area (Å²) in [5, 5.41) is 12.8. The van der Waals surface area contributed by atoms with E-state index in [1.165, 1.54) is 10.8 Å². The van der Waals surface area contributed by atoms with Gasteiger partial charge in [0.1, 0.15) is 23.4 Å². The van der Waals surface area contributed by atoms with E-state index in [1.807, 2.05) is 0 Å². The molecule has 4 atom stereocenters. The molecule has 2 N–H and O–H groups in total. The van der Waals surface area contributed by atoms with Crippen LogP contribution in [0.1, 0.15) is 46.5 Å². The number of rotatable bonds is 3. The van der Waals surface area contributed by atoms with Crippen molar-refractivity contribution >= 4 is 11.8 Å². The number of hydrogen-bond donors (Lipinski definition) is 2. The number of nitrogens with one attached hydrogen (secondary N) is 1. The van der Waals surface area contributed by atoms with Crippen molar-refractivity contribution in [1.82, 2.24) is 14.8 Å². The van der Waals surface area contributed by atoms with Gasteiger partial charge >= 0.3 is 0 Å². The topological polar surface area (TPSA) is 91.6 Å². The molecule has 7 nitrogen and oxygen atoms in total. The summed E-state index contributed by atoms with van der Waals surface area (Å²) in [4.78, 5) is 40.2. The van der Waals surface area contributed by atoms with Gasteiger partial charge < -0.3 is 19.9 Å². The number of carbonyl (C=O) groups is 2. The first kappa shape index (κ1) is 20.8. The lowest BCUT2D eigenvalue weighted by atomic mass is 9.79. The number of halogens is 3. The Morgan fingerprint density at radius 1 is 1.31 bits per heavy atom. The van der Waals surface area contributed by atoms with Crippen LogP contribution in [0.25, 0.3) is 0 Å². The van der Waals surface area contributed by atoms with Crippen LogP contribution in [0.3, 0.4) is 0 Å². The predicted octanol–water partition coefficient (Wildman–Crippen LogP) is 2.36. The summed E-state index contributed by atoms with van der Waals surface area (Å²) in [6, 6.07) is 0. The van der Waals surface area contributed by atoms with Crippen molar-refractivity contribution in [2.45, 2.75) is 43.9 Å². The van der Waals surface area contributed by atoms with Crippen LogP contribution >= 0.6 is 0 Å². The Morgan fingerprint density at radius 3 is 2.84 bits per heavy atom. The van der Waals surface area contributed by atoms with Crippen LogP contribution in [0.15, 0.2) is 34.8 Å². The smallest absolute Gasteiger partial charge is 0.275 e. The molecule has 2 bridgehead atoms. The van der Waals surface area contributed by atoms with Crippen LogP contribution in [0.4, 0.5) is 13.2 Å². The van der Waals surface area contributed by atoms with Crippen molar-refractivity contribution in [2.24, 2.45) is 11.8 Å². The van der Waals surface area contributed by atoms with Crippen molar-refractivity contribution in [1.29, 1.82) is 0 Å². The minimum atomic E-state index is -1.97. The molecule has 170 valence electrons. The van der Waals surface area contributed by atoms with Crippen molar-refractivity contribution in [3.05, 3.63) is 51.5 Å². The van der Waals surface area contributed by atoms with Gasteiger partial charge in [-0.15, -0.1) is 0 Å². The second-order valence-electron chi connectivity index (χ2n) is 9.14. The number of pyridine rings is 1. The van der Waals surface area contributed by atoms with Gasteiger partial charge in [-0.2, -0.15) is 0 Å². The van der Waals surface area contributed by atoms with E-state index in [1.54, 1.807) is 4.90 Å². The molecule has 32 heavy (non-hydrogen) atoms. The zero-order valence-electron chi connectivity index (χ0n) is 17.1. The van der Waals surface area contributed by atoms with Crippen LogP contribution in [-0.4, -0.2) is 51.2 Å². The molecule has 1 saturated heterocycles. The van der Waals surface area contributed by atoms with E-state index in [0.717, 1.165) is 25.7 Å². The van der Waals surface area contributed by atoms with Crippen LogP contribution < -0.4 is 10.7 Å². The second-order valence-corrected chi connectivity index (χ2v) is 9.14. The largest absolute Gasteiger partial charge is 0.503 e. The molecule has 3 heterocycles. The zero-order valence-corrected chi connectivity index (χ0v) is 17.1. The Hall–Kier alpha value is -3.04. The second kappa shape index (κ2) is 7.25. The molecule has 5 rings (SSSR count). The molecule has 2 unspecified atom stereocenters.